The van der Waals surface area contributed by atoms with Crippen LogP contribution in [0.15, 0.2) is 36.0 Å². The Morgan fingerprint density at radius 3 is 3.04 bits per heavy atom. The number of aromatic nitrogens is 3. The third-order valence-corrected chi connectivity index (χ3v) is 7.13. The quantitative estimate of drug-likeness (QED) is 0.496. The summed E-state index contributed by atoms with van der Waals surface area (Å²) in [4.78, 5) is 15.6. The van der Waals surface area contributed by atoms with Crippen LogP contribution in [-0.2, 0) is 12.8 Å². The maximum atomic E-state index is 4.53. The number of thiophene rings is 1. The van der Waals surface area contributed by atoms with Gasteiger partial charge in [-0.2, -0.15) is 5.10 Å². The molecule has 1 N–H and O–H groups in total. The topological polar surface area (TPSA) is 63.1 Å². The normalized spacial score (nSPS) is 17.4. The Morgan fingerprint density at radius 2 is 2.26 bits per heavy atom. The van der Waals surface area contributed by atoms with Crippen LogP contribution in [0.2, 0.25) is 0 Å². The number of nitrogens with one attached hydrogen (secondary N) is 1. The molecule has 4 rings (SSSR count). The summed E-state index contributed by atoms with van der Waals surface area (Å²) in [6.45, 7) is 7.08. The van der Waals surface area contributed by atoms with Gasteiger partial charge in [-0.15, -0.1) is 11.3 Å². The first-order chi connectivity index (χ1) is 13.1. The summed E-state index contributed by atoms with van der Waals surface area (Å²) in [6, 6.07) is 3.87. The van der Waals surface area contributed by atoms with E-state index < -0.39 is 0 Å². The van der Waals surface area contributed by atoms with Crippen molar-refractivity contribution < 1.29 is 0 Å². The van der Waals surface area contributed by atoms with Gasteiger partial charge in [-0.1, -0.05) is 33.3 Å². The molecule has 3 aromatic heterocycles. The van der Waals surface area contributed by atoms with Crippen molar-refractivity contribution in [3.8, 4) is 0 Å². The summed E-state index contributed by atoms with van der Waals surface area (Å²) < 4.78 is 0. The lowest BCUT2D eigenvalue weighted by molar-refractivity contribution is 0.184. The molecule has 6 heteroatoms. The van der Waals surface area contributed by atoms with Crippen LogP contribution in [0.4, 0.5) is 5.82 Å². The predicted molar refractivity (Wildman–Crippen MR) is 112 cm³/mol. The SMILES string of the molecule is CCC(C)(C)C1CCc2sc3ncnc(NN=Cc4cccnc4)c3c2C1. The van der Waals surface area contributed by atoms with Gasteiger partial charge in [-0.3, -0.25) is 10.4 Å². The Morgan fingerprint density at radius 1 is 1.37 bits per heavy atom. The van der Waals surface area contributed by atoms with Gasteiger partial charge in [0, 0.05) is 22.8 Å². The van der Waals surface area contributed by atoms with Gasteiger partial charge in [-0.25, -0.2) is 9.97 Å². The zero-order valence-corrected chi connectivity index (χ0v) is 16.9. The number of nitrogens with zero attached hydrogens (tertiary/aromatic N) is 4. The summed E-state index contributed by atoms with van der Waals surface area (Å²) >= 11 is 1.81. The van der Waals surface area contributed by atoms with Crippen LogP contribution in [0, 0.1) is 11.3 Å². The molecule has 3 aromatic rings. The largest absolute Gasteiger partial charge is 0.264 e. The average molecular weight is 380 g/mol. The van der Waals surface area contributed by atoms with E-state index in [0.29, 0.717) is 11.3 Å². The van der Waals surface area contributed by atoms with E-state index in [1.165, 1.54) is 23.3 Å². The molecule has 1 aliphatic rings. The van der Waals surface area contributed by atoms with Crippen LogP contribution >= 0.6 is 11.3 Å². The highest BCUT2D eigenvalue weighted by molar-refractivity contribution is 7.19. The molecule has 0 fully saturated rings. The molecule has 140 valence electrons. The van der Waals surface area contributed by atoms with Crippen LogP contribution in [0.1, 0.15) is 49.6 Å². The Hall–Kier alpha value is -2.34. The summed E-state index contributed by atoms with van der Waals surface area (Å²) in [5.74, 6) is 1.49. The fourth-order valence-electron chi connectivity index (χ4n) is 3.77. The Labute approximate surface area is 164 Å². The van der Waals surface area contributed by atoms with Crippen molar-refractivity contribution in [2.45, 2.75) is 46.5 Å². The molecule has 1 unspecified atom stereocenters. The minimum atomic E-state index is 0.355. The fraction of sp³-hybridized carbons (Fsp3) is 0.429. The van der Waals surface area contributed by atoms with Crippen molar-refractivity contribution in [2.75, 3.05) is 5.43 Å². The lowest BCUT2D eigenvalue weighted by Gasteiger charge is -2.36. The van der Waals surface area contributed by atoms with Gasteiger partial charge in [0.05, 0.1) is 11.6 Å². The summed E-state index contributed by atoms with van der Waals surface area (Å²) in [5.41, 5.74) is 5.87. The highest BCUT2D eigenvalue weighted by Crippen LogP contribution is 2.45. The minimum absolute atomic E-state index is 0.355. The van der Waals surface area contributed by atoms with Gasteiger partial charge in [-0.05, 0) is 42.2 Å². The van der Waals surface area contributed by atoms with Crippen LogP contribution in [0.25, 0.3) is 10.2 Å². The van der Waals surface area contributed by atoms with Crippen molar-refractivity contribution in [1.82, 2.24) is 15.0 Å². The summed E-state index contributed by atoms with van der Waals surface area (Å²) in [7, 11) is 0. The van der Waals surface area contributed by atoms with Crippen molar-refractivity contribution >= 4 is 33.6 Å². The van der Waals surface area contributed by atoms with Crippen LogP contribution < -0.4 is 5.43 Å². The first-order valence-electron chi connectivity index (χ1n) is 9.53. The van der Waals surface area contributed by atoms with E-state index in [2.05, 4.69) is 46.3 Å². The number of hydrogen-bond donors (Lipinski definition) is 1. The van der Waals surface area contributed by atoms with E-state index in [9.17, 15) is 0 Å². The number of hydrazone groups is 1. The Bertz CT molecular complexity index is 961. The number of pyridine rings is 1. The van der Waals surface area contributed by atoms with E-state index in [1.54, 1.807) is 24.9 Å². The zero-order valence-electron chi connectivity index (χ0n) is 16.1. The van der Waals surface area contributed by atoms with Crippen molar-refractivity contribution in [3.63, 3.8) is 0 Å². The summed E-state index contributed by atoms with van der Waals surface area (Å²) in [6.07, 6.45) is 11.6. The second-order valence-electron chi connectivity index (χ2n) is 7.84. The number of rotatable bonds is 5. The van der Waals surface area contributed by atoms with E-state index in [-0.39, 0.29) is 0 Å². The van der Waals surface area contributed by atoms with Gasteiger partial charge in [0.2, 0.25) is 0 Å². The Kier molecular flexibility index (Phi) is 4.91. The maximum absolute atomic E-state index is 4.53. The van der Waals surface area contributed by atoms with Gasteiger partial charge in [0.1, 0.15) is 11.2 Å². The van der Waals surface area contributed by atoms with Crippen LogP contribution in [0.5, 0.6) is 0 Å². The molecule has 3 heterocycles. The molecular weight excluding hydrogens is 354 g/mol. The predicted octanol–water partition coefficient (Wildman–Crippen LogP) is 5.07. The van der Waals surface area contributed by atoms with Crippen molar-refractivity contribution in [1.29, 1.82) is 0 Å². The molecule has 0 saturated heterocycles. The van der Waals surface area contributed by atoms with Crippen molar-refractivity contribution in [2.24, 2.45) is 16.4 Å². The van der Waals surface area contributed by atoms with E-state index in [4.69, 9.17) is 0 Å². The average Bonchev–Trinajstić information content (AvgIpc) is 3.07. The Balaban J connectivity index is 1.65. The van der Waals surface area contributed by atoms with E-state index >= 15 is 0 Å². The molecule has 0 radical (unpaired) electrons. The van der Waals surface area contributed by atoms with E-state index in [1.807, 2.05) is 23.5 Å². The highest BCUT2D eigenvalue weighted by Gasteiger charge is 2.33. The zero-order chi connectivity index (χ0) is 18.9. The second kappa shape index (κ2) is 7.35. The molecule has 0 amide bonds. The first-order valence-corrected chi connectivity index (χ1v) is 10.3. The molecule has 0 aliphatic heterocycles. The van der Waals surface area contributed by atoms with Gasteiger partial charge in [0.25, 0.3) is 0 Å². The highest BCUT2D eigenvalue weighted by atomic mass is 32.1. The van der Waals surface area contributed by atoms with Gasteiger partial charge < -0.3 is 0 Å². The number of aryl methyl sites for hydroxylation is 1. The van der Waals surface area contributed by atoms with Crippen LogP contribution in [0.3, 0.4) is 0 Å². The summed E-state index contributed by atoms with van der Waals surface area (Å²) in [5, 5.41) is 5.52. The fourth-order valence-corrected chi connectivity index (χ4v) is 4.95. The van der Waals surface area contributed by atoms with Gasteiger partial charge >= 0.3 is 0 Å². The molecule has 1 atom stereocenters. The molecule has 0 aromatic carbocycles. The minimum Gasteiger partial charge on any atom is -0.264 e. The lowest BCUT2D eigenvalue weighted by Crippen LogP contribution is -2.28. The third kappa shape index (κ3) is 3.58. The molecule has 0 saturated carbocycles. The van der Waals surface area contributed by atoms with Crippen LogP contribution in [-0.4, -0.2) is 21.2 Å². The lowest BCUT2D eigenvalue weighted by atomic mass is 9.69. The number of fused-ring (bicyclic) bond motifs is 3. The first kappa shape index (κ1) is 18.0. The molecule has 0 spiro atoms. The third-order valence-electron chi connectivity index (χ3n) is 5.93. The monoisotopic (exact) mass is 379 g/mol. The second-order valence-corrected chi connectivity index (χ2v) is 8.93. The molecular formula is C21H25N5S. The maximum Gasteiger partial charge on any atom is 0.158 e. The molecule has 1 aliphatic carbocycles. The van der Waals surface area contributed by atoms with Gasteiger partial charge in [0.15, 0.2) is 5.82 Å². The smallest absolute Gasteiger partial charge is 0.158 e. The molecule has 0 bridgehead atoms. The van der Waals surface area contributed by atoms with E-state index in [0.717, 1.165) is 34.4 Å². The molecule has 27 heavy (non-hydrogen) atoms. The number of hydrogen-bond acceptors (Lipinski definition) is 6. The number of anilines is 1. The molecule has 5 nitrogen and oxygen atoms in total. The standard InChI is InChI=1S/C21H25N5S/c1-4-21(2,3)15-7-8-17-16(10-15)18-19(23-13-24-20(18)27-17)26-25-12-14-6-5-9-22-11-14/h5-6,9,11-13,15H,4,7-8,10H2,1-3H3,(H,23,24,26). The van der Waals surface area contributed by atoms with Crippen molar-refractivity contribution in [3.05, 3.63) is 46.9 Å².